The number of nitriles is 1. The van der Waals surface area contributed by atoms with E-state index in [1.165, 1.54) is 22.7 Å². The summed E-state index contributed by atoms with van der Waals surface area (Å²) in [5.74, 6) is 0.268. The number of aromatic nitrogens is 3. The second-order valence-electron chi connectivity index (χ2n) is 7.17. The summed E-state index contributed by atoms with van der Waals surface area (Å²) in [4.78, 5) is 17.7. The lowest BCUT2D eigenvalue weighted by Gasteiger charge is -2.06. The maximum absolute atomic E-state index is 12.1. The Balaban J connectivity index is 1.31. The predicted octanol–water partition coefficient (Wildman–Crippen LogP) is 5.02. The minimum Gasteiger partial charge on any atom is -0.424 e. The summed E-state index contributed by atoms with van der Waals surface area (Å²) < 4.78 is 7.19. The van der Waals surface area contributed by atoms with Crippen LogP contribution in [0.2, 0.25) is 9.36 Å². The van der Waals surface area contributed by atoms with E-state index in [9.17, 15) is 4.79 Å². The van der Waals surface area contributed by atoms with Crippen molar-refractivity contribution < 1.29 is 9.21 Å². The van der Waals surface area contributed by atoms with Crippen LogP contribution in [-0.2, 0) is 17.6 Å². The smallest absolute Gasteiger partial charge is 0.230 e. The zero-order valence-electron chi connectivity index (χ0n) is 15.8. The second kappa shape index (κ2) is 7.88. The number of rotatable bonds is 6. The number of benzene rings is 1. The zero-order chi connectivity index (χ0) is 21.6. The van der Waals surface area contributed by atoms with Crippen molar-refractivity contribution in [2.45, 2.75) is 31.2 Å². The first-order chi connectivity index (χ1) is 14.9. The highest BCUT2D eigenvalue weighted by Crippen LogP contribution is 2.41. The molecular formula is C20H13Cl2N5O2S2. The fourth-order valence-electron chi connectivity index (χ4n) is 3.13. The first kappa shape index (κ1) is 20.4. The van der Waals surface area contributed by atoms with Crippen molar-refractivity contribution in [2.24, 2.45) is 0 Å². The van der Waals surface area contributed by atoms with Gasteiger partial charge in [-0.3, -0.25) is 4.79 Å². The molecule has 1 aliphatic carbocycles. The molecule has 5 rings (SSSR count). The third-order valence-corrected chi connectivity index (χ3v) is 7.70. The van der Waals surface area contributed by atoms with Gasteiger partial charge in [0.05, 0.1) is 32.1 Å². The summed E-state index contributed by atoms with van der Waals surface area (Å²) in [6, 6.07) is 9.77. The lowest BCUT2D eigenvalue weighted by atomic mass is 10.2. The van der Waals surface area contributed by atoms with Crippen LogP contribution in [0.15, 0.2) is 28.7 Å². The molecule has 3 aromatic heterocycles. The highest BCUT2D eigenvalue weighted by molar-refractivity contribution is 7.20. The lowest BCUT2D eigenvalue weighted by molar-refractivity contribution is -0.121. The van der Waals surface area contributed by atoms with E-state index in [1.807, 2.05) is 24.3 Å². The topological polar surface area (TPSA) is 105 Å². The summed E-state index contributed by atoms with van der Waals surface area (Å²) in [6.45, 7) is 0. The van der Waals surface area contributed by atoms with E-state index < -0.39 is 5.54 Å². The minimum atomic E-state index is -0.715. The molecule has 0 aliphatic heterocycles. The van der Waals surface area contributed by atoms with Crippen molar-refractivity contribution in [3.05, 3.63) is 50.4 Å². The van der Waals surface area contributed by atoms with Gasteiger partial charge in [-0.2, -0.15) is 5.26 Å². The van der Waals surface area contributed by atoms with Crippen molar-refractivity contribution in [3.63, 3.8) is 0 Å². The molecule has 7 nitrogen and oxygen atoms in total. The Morgan fingerprint density at radius 1 is 1.19 bits per heavy atom. The van der Waals surface area contributed by atoms with Crippen LogP contribution >= 0.6 is 45.9 Å². The normalized spacial score (nSPS) is 14.5. The van der Waals surface area contributed by atoms with Crippen LogP contribution < -0.4 is 5.32 Å². The van der Waals surface area contributed by atoms with Gasteiger partial charge in [0.25, 0.3) is 0 Å². The molecule has 0 saturated heterocycles. The van der Waals surface area contributed by atoms with Gasteiger partial charge in [0.2, 0.25) is 17.7 Å². The van der Waals surface area contributed by atoms with Gasteiger partial charge in [-0.05, 0) is 37.1 Å². The monoisotopic (exact) mass is 489 g/mol. The van der Waals surface area contributed by atoms with E-state index in [1.54, 1.807) is 0 Å². The number of nitrogens with zero attached hydrogens (tertiary/aromatic N) is 4. The van der Waals surface area contributed by atoms with Crippen molar-refractivity contribution in [1.29, 1.82) is 5.26 Å². The quantitative estimate of drug-likeness (QED) is 0.407. The molecule has 4 aromatic rings. The van der Waals surface area contributed by atoms with Gasteiger partial charge in [-0.1, -0.05) is 23.2 Å². The third kappa shape index (κ3) is 4.16. The molecule has 1 fully saturated rings. The van der Waals surface area contributed by atoms with Gasteiger partial charge in [-0.25, -0.2) is 4.98 Å². The van der Waals surface area contributed by atoms with Crippen LogP contribution in [0.3, 0.4) is 0 Å². The molecule has 0 spiro atoms. The number of halogens is 2. The Kier molecular flexibility index (Phi) is 5.18. The minimum absolute atomic E-state index is 0.0607. The van der Waals surface area contributed by atoms with Gasteiger partial charge < -0.3 is 9.73 Å². The SMILES string of the molecule is N#CC1(NC(=O)Cc2nnc(Cc3nc4ccc(-c5ccc(Cl)s5)c(Cl)c4s3)o2)CC1. The molecule has 0 bridgehead atoms. The highest BCUT2D eigenvalue weighted by atomic mass is 35.5. The van der Waals surface area contributed by atoms with E-state index in [0.29, 0.717) is 34.5 Å². The van der Waals surface area contributed by atoms with Crippen molar-refractivity contribution in [1.82, 2.24) is 20.5 Å². The number of thiophene rings is 1. The maximum atomic E-state index is 12.1. The summed E-state index contributed by atoms with van der Waals surface area (Å²) in [6.07, 6.45) is 1.62. The van der Waals surface area contributed by atoms with Crippen LogP contribution in [0.5, 0.6) is 0 Å². The molecule has 3 heterocycles. The summed E-state index contributed by atoms with van der Waals surface area (Å²) in [5, 5.41) is 21.1. The van der Waals surface area contributed by atoms with E-state index in [4.69, 9.17) is 32.9 Å². The average molecular weight is 490 g/mol. The summed E-state index contributed by atoms with van der Waals surface area (Å²) in [5.41, 5.74) is 0.993. The number of hydrogen-bond acceptors (Lipinski definition) is 8. The molecule has 11 heteroatoms. The molecule has 0 radical (unpaired) electrons. The maximum Gasteiger partial charge on any atom is 0.230 e. The Labute approximate surface area is 194 Å². The first-order valence-electron chi connectivity index (χ1n) is 9.32. The first-order valence-corrected chi connectivity index (χ1v) is 11.7. The average Bonchev–Trinajstić information content (AvgIpc) is 3.07. The van der Waals surface area contributed by atoms with Gasteiger partial charge >= 0.3 is 0 Å². The Hall–Kier alpha value is -2.51. The Morgan fingerprint density at radius 2 is 2.00 bits per heavy atom. The largest absolute Gasteiger partial charge is 0.424 e. The Bertz CT molecular complexity index is 1350. The number of carbonyl (C=O) groups excluding carboxylic acids is 1. The fraction of sp³-hybridized carbons (Fsp3) is 0.250. The summed E-state index contributed by atoms with van der Waals surface area (Å²) >= 11 is 15.6. The molecule has 1 aromatic carbocycles. The third-order valence-electron chi connectivity index (χ3n) is 4.85. The van der Waals surface area contributed by atoms with Crippen LogP contribution in [0.4, 0.5) is 0 Å². The molecular weight excluding hydrogens is 477 g/mol. The van der Waals surface area contributed by atoms with E-state index in [2.05, 4.69) is 26.6 Å². The second-order valence-corrected chi connectivity index (χ2v) is 10.3. The molecule has 156 valence electrons. The fourth-order valence-corrected chi connectivity index (χ4v) is 5.63. The molecule has 1 aliphatic rings. The molecule has 31 heavy (non-hydrogen) atoms. The highest BCUT2D eigenvalue weighted by Gasteiger charge is 2.44. The van der Waals surface area contributed by atoms with Crippen LogP contribution in [0.25, 0.3) is 20.7 Å². The molecule has 1 saturated carbocycles. The number of carbonyl (C=O) groups is 1. The lowest BCUT2D eigenvalue weighted by Crippen LogP contribution is -2.36. The van der Waals surface area contributed by atoms with Gasteiger partial charge in [0.1, 0.15) is 17.0 Å². The molecule has 1 N–H and O–H groups in total. The Morgan fingerprint density at radius 3 is 2.71 bits per heavy atom. The zero-order valence-corrected chi connectivity index (χ0v) is 19.0. The van der Waals surface area contributed by atoms with Crippen LogP contribution in [-0.4, -0.2) is 26.6 Å². The van der Waals surface area contributed by atoms with E-state index >= 15 is 0 Å². The van der Waals surface area contributed by atoms with Gasteiger partial charge in [0.15, 0.2) is 0 Å². The number of nitrogens with one attached hydrogen (secondary N) is 1. The molecule has 0 atom stereocenters. The predicted molar refractivity (Wildman–Crippen MR) is 119 cm³/mol. The number of amides is 1. The summed E-state index contributed by atoms with van der Waals surface area (Å²) in [7, 11) is 0. The standard InChI is InChI=1S/C20H13Cl2N5O2S2/c21-13-4-3-12(30-13)10-1-2-11-19(18(10)22)31-17(24-11)8-16-27-26-15(29-16)7-14(28)25-20(9-23)5-6-20/h1-4H,5-8H2,(H,25,28). The van der Waals surface area contributed by atoms with E-state index in [-0.39, 0.29) is 18.2 Å². The molecule has 0 unspecified atom stereocenters. The van der Waals surface area contributed by atoms with E-state index in [0.717, 1.165) is 25.7 Å². The van der Waals surface area contributed by atoms with Gasteiger partial charge in [0, 0.05) is 10.4 Å². The number of hydrogen-bond donors (Lipinski definition) is 1. The molecule has 1 amide bonds. The van der Waals surface area contributed by atoms with Gasteiger partial charge in [-0.15, -0.1) is 32.9 Å². The van der Waals surface area contributed by atoms with Crippen molar-refractivity contribution >= 4 is 62.0 Å². The number of thiazole rings is 1. The van der Waals surface area contributed by atoms with Crippen molar-refractivity contribution in [2.75, 3.05) is 0 Å². The van der Waals surface area contributed by atoms with Crippen LogP contribution in [0, 0.1) is 11.3 Å². The van der Waals surface area contributed by atoms with Crippen LogP contribution in [0.1, 0.15) is 29.6 Å². The van der Waals surface area contributed by atoms with Crippen molar-refractivity contribution in [3.8, 4) is 16.5 Å². The number of fused-ring (bicyclic) bond motifs is 1.